The lowest BCUT2D eigenvalue weighted by Crippen LogP contribution is -2.38. The largest absolute Gasteiger partial charge is 0.396 e. The lowest BCUT2D eigenvalue weighted by molar-refractivity contribution is 0.0907. The van der Waals surface area contributed by atoms with E-state index in [1.807, 2.05) is 13.8 Å². The second kappa shape index (κ2) is 4.76. The van der Waals surface area contributed by atoms with Crippen LogP contribution in [0.5, 0.6) is 0 Å². The smallest absolute Gasteiger partial charge is 0.273 e. The zero-order chi connectivity index (χ0) is 10.6. The van der Waals surface area contributed by atoms with E-state index >= 15 is 0 Å². The highest BCUT2D eigenvalue weighted by molar-refractivity contribution is 5.92. The Hall–Kier alpha value is -1.36. The molecule has 0 aliphatic heterocycles. The van der Waals surface area contributed by atoms with Crippen LogP contribution < -0.4 is 5.32 Å². The minimum absolute atomic E-state index is 0.0193. The molecule has 5 heteroatoms. The predicted molar refractivity (Wildman–Crippen MR) is 49.7 cm³/mol. The number of amides is 1. The van der Waals surface area contributed by atoms with E-state index < -0.39 is 0 Å². The van der Waals surface area contributed by atoms with Crippen molar-refractivity contribution in [3.63, 3.8) is 0 Å². The van der Waals surface area contributed by atoms with Crippen LogP contribution in [-0.2, 0) is 0 Å². The summed E-state index contributed by atoms with van der Waals surface area (Å²) in [6.45, 7) is 3.73. The van der Waals surface area contributed by atoms with Gasteiger partial charge >= 0.3 is 0 Å². The molecule has 1 amide bonds. The van der Waals surface area contributed by atoms with Gasteiger partial charge in [-0.15, -0.1) is 0 Å². The first-order valence-electron chi connectivity index (χ1n) is 4.47. The number of aliphatic hydroxyl groups excluding tert-OH is 1. The SMILES string of the molecule is CC(CO)C(C)NC(=O)c1ccon1. The van der Waals surface area contributed by atoms with Crippen molar-refractivity contribution < 1.29 is 14.4 Å². The summed E-state index contributed by atoms with van der Waals surface area (Å²) < 4.78 is 4.54. The zero-order valence-corrected chi connectivity index (χ0v) is 8.23. The van der Waals surface area contributed by atoms with Gasteiger partial charge in [-0.3, -0.25) is 4.79 Å². The van der Waals surface area contributed by atoms with Gasteiger partial charge in [-0.25, -0.2) is 0 Å². The highest BCUT2D eigenvalue weighted by Crippen LogP contribution is 2.02. The number of rotatable bonds is 4. The number of hydrogen-bond acceptors (Lipinski definition) is 4. The quantitative estimate of drug-likeness (QED) is 0.735. The van der Waals surface area contributed by atoms with E-state index in [4.69, 9.17) is 5.11 Å². The third kappa shape index (κ3) is 2.56. The molecule has 1 rings (SSSR count). The Morgan fingerprint density at radius 3 is 2.93 bits per heavy atom. The molecule has 1 aromatic heterocycles. The number of nitrogens with zero attached hydrogens (tertiary/aromatic N) is 1. The topological polar surface area (TPSA) is 75.4 Å². The molecule has 2 atom stereocenters. The minimum Gasteiger partial charge on any atom is -0.396 e. The normalized spacial score (nSPS) is 14.8. The second-order valence-corrected chi connectivity index (χ2v) is 3.31. The average Bonchev–Trinajstić information content (AvgIpc) is 2.69. The summed E-state index contributed by atoms with van der Waals surface area (Å²) in [6.07, 6.45) is 1.34. The Balaban J connectivity index is 2.49. The van der Waals surface area contributed by atoms with Crippen molar-refractivity contribution in [3.05, 3.63) is 18.0 Å². The molecule has 5 nitrogen and oxygen atoms in total. The molecule has 0 aromatic carbocycles. The van der Waals surface area contributed by atoms with Gasteiger partial charge in [-0.05, 0) is 12.8 Å². The van der Waals surface area contributed by atoms with Crippen LogP contribution >= 0.6 is 0 Å². The Bertz CT molecular complexity index is 284. The third-order valence-corrected chi connectivity index (χ3v) is 2.17. The van der Waals surface area contributed by atoms with Gasteiger partial charge in [-0.1, -0.05) is 12.1 Å². The maximum Gasteiger partial charge on any atom is 0.273 e. The molecule has 2 N–H and O–H groups in total. The van der Waals surface area contributed by atoms with Crippen LogP contribution in [0.1, 0.15) is 24.3 Å². The fourth-order valence-electron chi connectivity index (χ4n) is 0.911. The lowest BCUT2D eigenvalue weighted by Gasteiger charge is -2.18. The summed E-state index contributed by atoms with van der Waals surface area (Å²) in [5.41, 5.74) is 0.252. The molecule has 1 aromatic rings. The van der Waals surface area contributed by atoms with Crippen molar-refractivity contribution in [3.8, 4) is 0 Å². The molecule has 0 saturated carbocycles. The summed E-state index contributed by atoms with van der Waals surface area (Å²) in [7, 11) is 0. The van der Waals surface area contributed by atoms with E-state index in [1.165, 1.54) is 12.3 Å². The van der Waals surface area contributed by atoms with Crippen LogP contribution in [0, 0.1) is 5.92 Å². The van der Waals surface area contributed by atoms with Gasteiger partial charge in [0.25, 0.3) is 5.91 Å². The van der Waals surface area contributed by atoms with Crippen molar-refractivity contribution in [2.45, 2.75) is 19.9 Å². The van der Waals surface area contributed by atoms with E-state index in [0.717, 1.165) is 0 Å². The van der Waals surface area contributed by atoms with Crippen LogP contribution in [0.4, 0.5) is 0 Å². The molecule has 1 heterocycles. The third-order valence-electron chi connectivity index (χ3n) is 2.17. The second-order valence-electron chi connectivity index (χ2n) is 3.31. The number of carbonyl (C=O) groups is 1. The Morgan fingerprint density at radius 2 is 2.43 bits per heavy atom. The van der Waals surface area contributed by atoms with Crippen molar-refractivity contribution in [2.75, 3.05) is 6.61 Å². The van der Waals surface area contributed by atoms with E-state index in [1.54, 1.807) is 0 Å². The molecule has 14 heavy (non-hydrogen) atoms. The van der Waals surface area contributed by atoms with Crippen molar-refractivity contribution in [1.29, 1.82) is 0 Å². The average molecular weight is 198 g/mol. The molecule has 0 radical (unpaired) electrons. The molecule has 0 aliphatic rings. The standard InChI is InChI=1S/C9H14N2O3/c1-6(5-12)7(2)10-9(13)8-3-4-14-11-8/h3-4,6-7,12H,5H2,1-2H3,(H,10,13). The number of hydrogen-bond donors (Lipinski definition) is 2. The van der Waals surface area contributed by atoms with Crippen molar-refractivity contribution >= 4 is 5.91 Å². The number of nitrogens with one attached hydrogen (secondary N) is 1. The first-order chi connectivity index (χ1) is 6.65. The van der Waals surface area contributed by atoms with Gasteiger partial charge in [0.15, 0.2) is 5.69 Å². The van der Waals surface area contributed by atoms with Crippen LogP contribution in [0.15, 0.2) is 16.9 Å². The van der Waals surface area contributed by atoms with Gasteiger partial charge in [-0.2, -0.15) is 0 Å². The molecule has 0 bridgehead atoms. The minimum atomic E-state index is -0.286. The predicted octanol–water partition coefficient (Wildman–Crippen LogP) is 0.421. The first kappa shape index (κ1) is 10.7. The van der Waals surface area contributed by atoms with E-state index in [0.29, 0.717) is 0 Å². The fraction of sp³-hybridized carbons (Fsp3) is 0.556. The van der Waals surface area contributed by atoms with Crippen LogP contribution in [0.2, 0.25) is 0 Å². The van der Waals surface area contributed by atoms with Gasteiger partial charge in [0.1, 0.15) is 6.26 Å². The molecular formula is C9H14N2O3. The summed E-state index contributed by atoms with van der Waals surface area (Å²) in [6, 6.07) is 1.40. The Morgan fingerprint density at radius 1 is 1.71 bits per heavy atom. The first-order valence-corrected chi connectivity index (χ1v) is 4.47. The molecule has 2 unspecified atom stereocenters. The number of aliphatic hydroxyl groups is 1. The fourth-order valence-corrected chi connectivity index (χ4v) is 0.911. The lowest BCUT2D eigenvalue weighted by atomic mass is 10.1. The molecule has 78 valence electrons. The monoisotopic (exact) mass is 198 g/mol. The van der Waals surface area contributed by atoms with Gasteiger partial charge in [0.05, 0.1) is 0 Å². The molecule has 0 saturated heterocycles. The summed E-state index contributed by atoms with van der Waals surface area (Å²) in [5, 5.41) is 15.1. The van der Waals surface area contributed by atoms with Gasteiger partial charge < -0.3 is 14.9 Å². The highest BCUT2D eigenvalue weighted by Gasteiger charge is 2.16. The Kier molecular flexibility index (Phi) is 3.64. The van der Waals surface area contributed by atoms with E-state index in [9.17, 15) is 4.79 Å². The zero-order valence-electron chi connectivity index (χ0n) is 8.23. The number of carbonyl (C=O) groups excluding carboxylic acids is 1. The maximum atomic E-state index is 11.4. The molecule has 0 aliphatic carbocycles. The highest BCUT2D eigenvalue weighted by atomic mass is 16.5. The summed E-state index contributed by atoms with van der Waals surface area (Å²) in [5.74, 6) is -0.266. The molecule has 0 fully saturated rings. The number of aromatic nitrogens is 1. The van der Waals surface area contributed by atoms with Crippen LogP contribution in [-0.4, -0.2) is 28.8 Å². The Labute approximate surface area is 82.1 Å². The van der Waals surface area contributed by atoms with Crippen LogP contribution in [0.25, 0.3) is 0 Å². The van der Waals surface area contributed by atoms with Crippen molar-refractivity contribution in [1.82, 2.24) is 10.5 Å². The summed E-state index contributed by atoms with van der Waals surface area (Å²) in [4.78, 5) is 11.4. The maximum absolute atomic E-state index is 11.4. The molecular weight excluding hydrogens is 184 g/mol. The van der Waals surface area contributed by atoms with Gasteiger partial charge in [0, 0.05) is 18.7 Å². The van der Waals surface area contributed by atoms with E-state index in [-0.39, 0.29) is 30.2 Å². The van der Waals surface area contributed by atoms with Crippen LogP contribution in [0.3, 0.4) is 0 Å². The summed E-state index contributed by atoms with van der Waals surface area (Å²) >= 11 is 0. The molecule has 0 spiro atoms. The van der Waals surface area contributed by atoms with Gasteiger partial charge in [0.2, 0.25) is 0 Å². The van der Waals surface area contributed by atoms with Crippen molar-refractivity contribution in [2.24, 2.45) is 5.92 Å². The van der Waals surface area contributed by atoms with E-state index in [2.05, 4.69) is 15.0 Å².